The highest BCUT2D eigenvalue weighted by Crippen LogP contribution is 2.35. The lowest BCUT2D eigenvalue weighted by Gasteiger charge is -2.36. The van der Waals surface area contributed by atoms with E-state index in [-0.39, 0.29) is 13.0 Å². The number of alkyl halides is 1. The van der Waals surface area contributed by atoms with Crippen LogP contribution in [0.25, 0.3) is 0 Å². The minimum Gasteiger partial charge on any atom is -0.327 e. The summed E-state index contributed by atoms with van der Waals surface area (Å²) in [7, 11) is 0. The highest BCUT2D eigenvalue weighted by atomic mass is 79.9. The van der Waals surface area contributed by atoms with Crippen molar-refractivity contribution in [2.45, 2.75) is 32.9 Å². The Kier molecular flexibility index (Phi) is 4.07. The Hall–Kier alpha value is -0.480. The van der Waals surface area contributed by atoms with Crippen molar-refractivity contribution in [3.63, 3.8) is 0 Å². The lowest BCUT2D eigenvalue weighted by atomic mass is 9.75. The quantitative estimate of drug-likeness (QED) is 0.928. The molecule has 16 heavy (non-hydrogen) atoms. The highest BCUT2D eigenvalue weighted by molar-refractivity contribution is 9.10. The molecule has 0 amide bonds. The smallest absolute Gasteiger partial charge is 0.133 e. The number of aromatic nitrogens is 1. The van der Waals surface area contributed by atoms with Crippen molar-refractivity contribution in [3.05, 3.63) is 28.5 Å². The third kappa shape index (κ3) is 3.01. The van der Waals surface area contributed by atoms with E-state index in [1.54, 1.807) is 6.20 Å². The van der Waals surface area contributed by atoms with Crippen LogP contribution in [0.5, 0.6) is 0 Å². The Labute approximate surface area is 105 Å². The van der Waals surface area contributed by atoms with Crippen molar-refractivity contribution in [1.82, 2.24) is 4.98 Å². The van der Waals surface area contributed by atoms with Gasteiger partial charge >= 0.3 is 0 Å². The van der Waals surface area contributed by atoms with E-state index < -0.39 is 11.1 Å². The summed E-state index contributed by atoms with van der Waals surface area (Å²) in [5, 5.41) is 0. The molecular formula is C12H18BrFN2. The van der Waals surface area contributed by atoms with Crippen LogP contribution in [0, 0.1) is 5.41 Å². The Balaban J connectivity index is 2.89. The molecule has 1 heterocycles. The lowest BCUT2D eigenvalue weighted by Crippen LogP contribution is -2.47. The Bertz CT molecular complexity index is 345. The Morgan fingerprint density at radius 2 is 2.00 bits per heavy atom. The average Bonchev–Trinajstić information content (AvgIpc) is 2.19. The lowest BCUT2D eigenvalue weighted by molar-refractivity contribution is 0.0373. The van der Waals surface area contributed by atoms with Crippen LogP contribution in [0.4, 0.5) is 4.39 Å². The molecule has 2 nitrogen and oxygen atoms in total. The van der Waals surface area contributed by atoms with Gasteiger partial charge in [0, 0.05) is 29.3 Å². The molecule has 1 rings (SSSR count). The number of nitrogens with two attached hydrogens (primary N) is 1. The van der Waals surface area contributed by atoms with Gasteiger partial charge in [0.2, 0.25) is 0 Å². The van der Waals surface area contributed by atoms with Gasteiger partial charge in [0.25, 0.3) is 0 Å². The summed E-state index contributed by atoms with van der Waals surface area (Å²) in [5.74, 6) is 0. The van der Waals surface area contributed by atoms with Crippen molar-refractivity contribution in [1.29, 1.82) is 0 Å². The van der Waals surface area contributed by atoms with Gasteiger partial charge in [-0.15, -0.1) is 0 Å². The zero-order valence-electron chi connectivity index (χ0n) is 9.93. The molecule has 0 spiro atoms. The molecule has 1 unspecified atom stereocenters. The van der Waals surface area contributed by atoms with Crippen LogP contribution < -0.4 is 5.73 Å². The Morgan fingerprint density at radius 1 is 1.38 bits per heavy atom. The molecule has 0 saturated heterocycles. The third-order valence-electron chi connectivity index (χ3n) is 2.92. The fraction of sp³-hybridized carbons (Fsp3) is 0.583. The summed E-state index contributed by atoms with van der Waals surface area (Å²) in [5.41, 5.74) is 4.37. The highest BCUT2D eigenvalue weighted by Gasteiger charge is 2.41. The second-order valence-electron chi connectivity index (χ2n) is 5.06. The fourth-order valence-corrected chi connectivity index (χ4v) is 1.68. The topological polar surface area (TPSA) is 38.9 Å². The molecule has 0 fully saturated rings. The molecular weight excluding hydrogens is 271 g/mol. The number of hydrogen-bond acceptors (Lipinski definition) is 2. The molecule has 1 atom stereocenters. The number of pyridine rings is 1. The molecule has 1 aromatic heterocycles. The summed E-state index contributed by atoms with van der Waals surface area (Å²) in [4.78, 5) is 4.18. The van der Waals surface area contributed by atoms with Crippen molar-refractivity contribution >= 4 is 15.9 Å². The van der Waals surface area contributed by atoms with E-state index >= 15 is 0 Å². The largest absolute Gasteiger partial charge is 0.327 e. The first-order chi connectivity index (χ1) is 7.28. The van der Waals surface area contributed by atoms with Crippen molar-refractivity contribution in [2.24, 2.45) is 11.1 Å². The Morgan fingerprint density at radius 3 is 2.38 bits per heavy atom. The maximum absolute atomic E-state index is 14.6. The van der Waals surface area contributed by atoms with E-state index in [4.69, 9.17) is 5.73 Å². The standard InChI is InChI=1S/C12H18BrFN2/c1-11(2,3)12(14,8-15)6-10-5-4-9(13)7-16-10/h4-5,7H,6,8,15H2,1-3H3. The van der Waals surface area contributed by atoms with Gasteiger partial charge in [0.1, 0.15) is 5.67 Å². The maximum Gasteiger partial charge on any atom is 0.133 e. The van der Waals surface area contributed by atoms with Gasteiger partial charge in [-0.05, 0) is 33.5 Å². The number of hydrogen-bond donors (Lipinski definition) is 1. The predicted octanol–water partition coefficient (Wildman–Crippen LogP) is 3.10. The van der Waals surface area contributed by atoms with E-state index in [1.807, 2.05) is 32.9 Å². The molecule has 0 bridgehead atoms. The van der Waals surface area contributed by atoms with Crippen LogP contribution in [0.3, 0.4) is 0 Å². The zero-order chi connectivity index (χ0) is 12.4. The van der Waals surface area contributed by atoms with E-state index in [2.05, 4.69) is 20.9 Å². The molecule has 0 radical (unpaired) electrons. The second kappa shape index (κ2) is 4.80. The third-order valence-corrected chi connectivity index (χ3v) is 3.39. The maximum atomic E-state index is 14.6. The van der Waals surface area contributed by atoms with E-state index in [1.165, 1.54) is 0 Å². The van der Waals surface area contributed by atoms with Gasteiger partial charge in [-0.2, -0.15) is 0 Å². The first-order valence-electron chi connectivity index (χ1n) is 5.28. The van der Waals surface area contributed by atoms with Gasteiger partial charge in [-0.1, -0.05) is 20.8 Å². The number of nitrogens with zero attached hydrogens (tertiary/aromatic N) is 1. The average molecular weight is 289 g/mol. The van der Waals surface area contributed by atoms with Gasteiger partial charge in [0.05, 0.1) is 0 Å². The first-order valence-corrected chi connectivity index (χ1v) is 6.07. The predicted molar refractivity (Wildman–Crippen MR) is 68.0 cm³/mol. The van der Waals surface area contributed by atoms with Crippen molar-refractivity contribution < 1.29 is 4.39 Å². The summed E-state index contributed by atoms with van der Waals surface area (Å²) >= 11 is 3.30. The van der Waals surface area contributed by atoms with Crippen LogP contribution in [0.1, 0.15) is 26.5 Å². The van der Waals surface area contributed by atoms with Crippen molar-refractivity contribution in [3.8, 4) is 0 Å². The summed E-state index contributed by atoms with van der Waals surface area (Å²) in [6.07, 6.45) is 1.93. The van der Waals surface area contributed by atoms with Gasteiger partial charge in [-0.3, -0.25) is 4.98 Å². The van der Waals surface area contributed by atoms with Crippen LogP contribution in [0.15, 0.2) is 22.8 Å². The molecule has 90 valence electrons. The minimum absolute atomic E-state index is 0.00818. The SMILES string of the molecule is CC(C)(C)C(F)(CN)Cc1ccc(Br)cn1. The van der Waals surface area contributed by atoms with Crippen LogP contribution in [-0.2, 0) is 6.42 Å². The van der Waals surface area contributed by atoms with E-state index in [0.29, 0.717) is 0 Å². The zero-order valence-corrected chi connectivity index (χ0v) is 11.5. The molecule has 4 heteroatoms. The van der Waals surface area contributed by atoms with Gasteiger partial charge in [0.15, 0.2) is 0 Å². The first kappa shape index (κ1) is 13.6. The van der Waals surface area contributed by atoms with Crippen LogP contribution in [0.2, 0.25) is 0 Å². The molecule has 2 N–H and O–H groups in total. The molecule has 1 aromatic rings. The minimum atomic E-state index is -1.42. The number of halogens is 2. The van der Waals surface area contributed by atoms with Crippen molar-refractivity contribution in [2.75, 3.05) is 6.54 Å². The summed E-state index contributed by atoms with van der Waals surface area (Å²) < 4.78 is 15.5. The van der Waals surface area contributed by atoms with E-state index in [0.717, 1.165) is 10.2 Å². The van der Waals surface area contributed by atoms with Gasteiger partial charge < -0.3 is 5.73 Å². The van der Waals surface area contributed by atoms with Crippen LogP contribution in [-0.4, -0.2) is 17.2 Å². The second-order valence-corrected chi connectivity index (χ2v) is 5.98. The molecule has 0 aromatic carbocycles. The monoisotopic (exact) mass is 288 g/mol. The normalized spacial score (nSPS) is 15.9. The van der Waals surface area contributed by atoms with E-state index in [9.17, 15) is 4.39 Å². The number of rotatable bonds is 3. The fourth-order valence-electron chi connectivity index (χ4n) is 1.44. The summed E-state index contributed by atoms with van der Waals surface area (Å²) in [6, 6.07) is 3.68. The molecule has 0 saturated carbocycles. The molecule has 0 aliphatic heterocycles. The summed E-state index contributed by atoms with van der Waals surface area (Å²) in [6.45, 7) is 5.59. The van der Waals surface area contributed by atoms with Gasteiger partial charge in [-0.25, -0.2) is 4.39 Å². The molecule has 0 aliphatic carbocycles. The molecule has 0 aliphatic rings. The van der Waals surface area contributed by atoms with Crippen LogP contribution >= 0.6 is 15.9 Å².